The Morgan fingerprint density at radius 2 is 1.79 bits per heavy atom. The summed E-state index contributed by atoms with van der Waals surface area (Å²) in [5.41, 5.74) is 2.64. The molecule has 2 aromatic rings. The van der Waals surface area contributed by atoms with Crippen molar-refractivity contribution in [3.8, 4) is 5.75 Å². The molecule has 0 aromatic heterocycles. The molecule has 0 heterocycles. The van der Waals surface area contributed by atoms with E-state index >= 15 is 0 Å². The molecule has 4 aliphatic rings. The van der Waals surface area contributed by atoms with Crippen LogP contribution in [0.3, 0.4) is 0 Å². The first-order valence-corrected chi connectivity index (χ1v) is 9.65. The molecule has 122 valence electrons. The fourth-order valence-electron chi connectivity index (χ4n) is 6.05. The molecule has 0 amide bonds. The van der Waals surface area contributed by atoms with Gasteiger partial charge in [-0.2, -0.15) is 0 Å². The van der Waals surface area contributed by atoms with Crippen LogP contribution in [0.5, 0.6) is 5.75 Å². The second-order valence-corrected chi connectivity index (χ2v) is 8.31. The molecule has 2 atom stereocenters. The summed E-state index contributed by atoms with van der Waals surface area (Å²) in [5.74, 6) is 3.10. The number of fused-ring (bicyclic) bond motifs is 1. The summed E-state index contributed by atoms with van der Waals surface area (Å²) in [4.78, 5) is 0. The Balaban J connectivity index is 1.75. The Morgan fingerprint density at radius 1 is 1.04 bits per heavy atom. The van der Waals surface area contributed by atoms with Crippen molar-refractivity contribution in [2.24, 2.45) is 17.8 Å². The molecule has 6 rings (SSSR count). The van der Waals surface area contributed by atoms with Crippen LogP contribution in [0.25, 0.3) is 10.8 Å². The van der Waals surface area contributed by atoms with Crippen molar-refractivity contribution in [1.29, 1.82) is 0 Å². The van der Waals surface area contributed by atoms with E-state index in [0.29, 0.717) is 5.92 Å². The Hall–Kier alpha value is -1.66. The molecule has 0 radical (unpaired) electrons. The topological polar surface area (TPSA) is 26.3 Å². The van der Waals surface area contributed by atoms with Crippen molar-refractivity contribution >= 4 is 19.5 Å². The normalized spacial score (nSPS) is 34.2. The third-order valence-corrected chi connectivity index (χ3v) is 7.06. The van der Waals surface area contributed by atoms with Gasteiger partial charge in [-0.25, -0.2) is 4.57 Å². The molecule has 0 saturated heterocycles. The highest BCUT2D eigenvalue weighted by molar-refractivity contribution is 7.17. The largest absolute Gasteiger partial charge is 0.407 e. The van der Waals surface area contributed by atoms with Crippen LogP contribution in [0, 0.1) is 17.8 Å². The lowest BCUT2D eigenvalue weighted by Gasteiger charge is -2.58. The number of allylic oxidation sites excluding steroid dienone is 1. The summed E-state index contributed by atoms with van der Waals surface area (Å²) < 4.78 is 17.0. The van der Waals surface area contributed by atoms with Gasteiger partial charge in [-0.1, -0.05) is 48.6 Å². The van der Waals surface area contributed by atoms with E-state index in [-0.39, 0.29) is 14.1 Å². The number of hydrogen-bond acceptors (Lipinski definition) is 2. The van der Waals surface area contributed by atoms with Crippen LogP contribution in [0.1, 0.15) is 37.7 Å². The van der Waals surface area contributed by atoms with Gasteiger partial charge < -0.3 is 4.52 Å². The molecule has 2 nitrogen and oxygen atoms in total. The van der Waals surface area contributed by atoms with Crippen LogP contribution in [0.4, 0.5) is 0 Å². The van der Waals surface area contributed by atoms with Crippen LogP contribution in [0.15, 0.2) is 48.6 Å². The monoisotopic (exact) mass is 336 g/mol. The van der Waals surface area contributed by atoms with Gasteiger partial charge in [-0.3, -0.25) is 0 Å². The second-order valence-electron chi connectivity index (χ2n) is 7.98. The van der Waals surface area contributed by atoms with E-state index in [1.165, 1.54) is 43.2 Å². The molecule has 2 unspecified atom stereocenters. The molecule has 3 heteroatoms. The first-order valence-electron chi connectivity index (χ1n) is 8.92. The highest BCUT2D eigenvalue weighted by Gasteiger charge is 2.55. The maximum atomic E-state index is 11.3. The maximum absolute atomic E-state index is 11.3. The summed E-state index contributed by atoms with van der Waals surface area (Å²) in [5, 5.41) is 2.19. The van der Waals surface area contributed by atoms with E-state index in [1.54, 1.807) is 0 Å². The van der Waals surface area contributed by atoms with E-state index in [4.69, 9.17) is 4.52 Å². The summed E-state index contributed by atoms with van der Waals surface area (Å²) in [6, 6.07) is 12.6. The van der Waals surface area contributed by atoms with Crippen LogP contribution in [-0.2, 0) is 9.98 Å². The average molecular weight is 336 g/mol. The molecular weight excluding hydrogens is 315 g/mol. The predicted molar refractivity (Wildman–Crippen MR) is 96.6 cm³/mol. The van der Waals surface area contributed by atoms with E-state index in [1.807, 2.05) is 12.1 Å². The average Bonchev–Trinajstić information content (AvgIpc) is 2.59. The summed E-state index contributed by atoms with van der Waals surface area (Å²) in [7, 11) is -0.282. The molecule has 4 bridgehead atoms. The van der Waals surface area contributed by atoms with Gasteiger partial charge in [0.1, 0.15) is 5.75 Å². The maximum Gasteiger partial charge on any atom is 0.395 e. The first-order chi connectivity index (χ1) is 11.7. The van der Waals surface area contributed by atoms with Gasteiger partial charge >= 0.3 is 8.69 Å². The van der Waals surface area contributed by atoms with Crippen molar-refractivity contribution in [3.05, 3.63) is 54.1 Å². The minimum atomic E-state index is -0.282. The lowest BCUT2D eigenvalue weighted by atomic mass is 9.46. The van der Waals surface area contributed by atoms with Gasteiger partial charge in [0, 0.05) is 16.4 Å². The minimum absolute atomic E-state index is 0.0266. The summed E-state index contributed by atoms with van der Waals surface area (Å²) in [6.07, 6.45) is 6.39. The standard InChI is InChI=1S/C21H21O2P/c1-13-17-9-14-8-15(10-17)12-21(13,11-14)19-7-6-16-4-2-3-5-18(16)20(19)23-24-22/h2-7,14-15,17H,1,8-12H2. The predicted octanol–water partition coefficient (Wildman–Crippen LogP) is 6.06. The molecule has 24 heavy (non-hydrogen) atoms. The highest BCUT2D eigenvalue weighted by Crippen LogP contribution is 2.64. The molecule has 0 aliphatic heterocycles. The summed E-state index contributed by atoms with van der Waals surface area (Å²) >= 11 is 0. The van der Waals surface area contributed by atoms with Gasteiger partial charge in [0.25, 0.3) is 0 Å². The third-order valence-electron chi connectivity index (χ3n) is 6.81. The van der Waals surface area contributed by atoms with E-state index in [0.717, 1.165) is 28.4 Å². The summed E-state index contributed by atoms with van der Waals surface area (Å²) in [6.45, 7) is 4.55. The molecular formula is C21H21O2P. The van der Waals surface area contributed by atoms with E-state index < -0.39 is 0 Å². The first kappa shape index (κ1) is 14.7. The number of benzene rings is 2. The second kappa shape index (κ2) is 5.17. The van der Waals surface area contributed by atoms with Crippen LogP contribution < -0.4 is 4.52 Å². The number of hydrogen-bond donors (Lipinski definition) is 0. The zero-order chi connectivity index (χ0) is 16.3. The van der Waals surface area contributed by atoms with Gasteiger partial charge in [0.15, 0.2) is 0 Å². The van der Waals surface area contributed by atoms with Gasteiger partial charge in [-0.05, 0) is 55.2 Å². The van der Waals surface area contributed by atoms with Crippen molar-refractivity contribution in [3.63, 3.8) is 0 Å². The van der Waals surface area contributed by atoms with Gasteiger partial charge in [0.2, 0.25) is 0 Å². The lowest BCUT2D eigenvalue weighted by Crippen LogP contribution is -2.50. The smallest absolute Gasteiger partial charge is 0.395 e. The van der Waals surface area contributed by atoms with Crippen LogP contribution in [0.2, 0.25) is 0 Å². The molecule has 4 fully saturated rings. The molecule has 4 saturated carbocycles. The van der Waals surface area contributed by atoms with Crippen molar-refractivity contribution < 1.29 is 9.09 Å². The Bertz CT molecular complexity index is 842. The molecule has 0 N–H and O–H groups in total. The van der Waals surface area contributed by atoms with Crippen LogP contribution >= 0.6 is 8.69 Å². The van der Waals surface area contributed by atoms with E-state index in [9.17, 15) is 4.57 Å². The minimum Gasteiger partial charge on any atom is -0.407 e. The highest BCUT2D eigenvalue weighted by atomic mass is 31.1. The van der Waals surface area contributed by atoms with Gasteiger partial charge in [-0.15, -0.1) is 0 Å². The fraction of sp³-hybridized carbons (Fsp3) is 0.429. The Kier molecular flexibility index (Phi) is 3.16. The van der Waals surface area contributed by atoms with Crippen molar-refractivity contribution in [2.75, 3.05) is 0 Å². The fourth-order valence-corrected chi connectivity index (χ4v) is 6.32. The van der Waals surface area contributed by atoms with Crippen molar-refractivity contribution in [1.82, 2.24) is 0 Å². The zero-order valence-corrected chi connectivity index (χ0v) is 14.6. The lowest BCUT2D eigenvalue weighted by molar-refractivity contribution is 0.0467. The quantitative estimate of drug-likeness (QED) is 0.503. The van der Waals surface area contributed by atoms with Crippen LogP contribution in [-0.4, -0.2) is 0 Å². The van der Waals surface area contributed by atoms with E-state index in [2.05, 4.69) is 30.8 Å². The number of rotatable bonds is 3. The third kappa shape index (κ3) is 1.90. The molecule has 0 spiro atoms. The Morgan fingerprint density at radius 3 is 2.54 bits per heavy atom. The molecule has 4 aliphatic carbocycles. The van der Waals surface area contributed by atoms with Gasteiger partial charge in [0.05, 0.1) is 0 Å². The molecule has 2 aromatic carbocycles. The van der Waals surface area contributed by atoms with Crippen molar-refractivity contribution in [2.45, 2.75) is 37.5 Å². The zero-order valence-electron chi connectivity index (χ0n) is 13.7. The Labute approximate surface area is 144 Å². The SMILES string of the molecule is C=C1C2CC3CC(C2)CC1(c1ccc2ccccc2c1OP=O)C3.